The van der Waals surface area contributed by atoms with Gasteiger partial charge in [-0.15, -0.1) is 0 Å². The number of rotatable bonds is 2. The van der Waals surface area contributed by atoms with Crippen molar-refractivity contribution in [3.05, 3.63) is 42.4 Å². The van der Waals surface area contributed by atoms with Crippen LogP contribution in [0.15, 0.2) is 36.8 Å². The number of aryl methyl sites for hydroxylation is 1. The zero-order chi connectivity index (χ0) is 13.1. The SMILES string of the molecule is CC.CC.CCc1cnn(-c2ccccn2)c1. The maximum absolute atomic E-state index is 4.21. The molecule has 0 atom stereocenters. The van der Waals surface area contributed by atoms with Crippen molar-refractivity contribution in [1.29, 1.82) is 0 Å². The Labute approximate surface area is 105 Å². The maximum atomic E-state index is 4.21. The second-order valence-corrected chi connectivity index (χ2v) is 2.83. The molecule has 94 valence electrons. The van der Waals surface area contributed by atoms with Gasteiger partial charge >= 0.3 is 0 Å². The molecule has 17 heavy (non-hydrogen) atoms. The summed E-state index contributed by atoms with van der Waals surface area (Å²) in [7, 11) is 0. The summed E-state index contributed by atoms with van der Waals surface area (Å²) >= 11 is 0. The first-order chi connectivity index (χ1) is 8.40. The van der Waals surface area contributed by atoms with E-state index in [9.17, 15) is 0 Å². The van der Waals surface area contributed by atoms with Gasteiger partial charge in [0.05, 0.1) is 6.20 Å². The molecule has 3 heteroatoms. The van der Waals surface area contributed by atoms with Gasteiger partial charge < -0.3 is 0 Å². The second kappa shape index (κ2) is 9.58. The fourth-order valence-corrected chi connectivity index (χ4v) is 1.16. The molecule has 2 aromatic heterocycles. The van der Waals surface area contributed by atoms with Crippen LogP contribution in [-0.4, -0.2) is 14.8 Å². The van der Waals surface area contributed by atoms with Gasteiger partial charge in [0.15, 0.2) is 5.82 Å². The molecule has 2 heterocycles. The molecule has 0 saturated carbocycles. The van der Waals surface area contributed by atoms with E-state index in [4.69, 9.17) is 0 Å². The van der Waals surface area contributed by atoms with Gasteiger partial charge in [0.1, 0.15) is 0 Å². The van der Waals surface area contributed by atoms with Gasteiger partial charge in [-0.25, -0.2) is 9.67 Å². The van der Waals surface area contributed by atoms with Crippen LogP contribution < -0.4 is 0 Å². The first-order valence-electron chi connectivity index (χ1n) is 6.35. The number of nitrogens with zero attached hydrogens (tertiary/aromatic N) is 3. The van der Waals surface area contributed by atoms with Crippen molar-refractivity contribution in [2.45, 2.75) is 41.0 Å². The topological polar surface area (TPSA) is 30.7 Å². The highest BCUT2D eigenvalue weighted by Gasteiger charge is 1.98. The summed E-state index contributed by atoms with van der Waals surface area (Å²) in [5.41, 5.74) is 1.23. The molecular weight excluding hydrogens is 210 g/mol. The van der Waals surface area contributed by atoms with E-state index in [0.717, 1.165) is 12.2 Å². The Hall–Kier alpha value is -1.64. The van der Waals surface area contributed by atoms with E-state index in [1.807, 2.05) is 58.3 Å². The zero-order valence-corrected chi connectivity index (χ0v) is 11.5. The van der Waals surface area contributed by atoms with Crippen molar-refractivity contribution in [2.75, 3.05) is 0 Å². The third kappa shape index (κ3) is 4.81. The van der Waals surface area contributed by atoms with E-state index in [2.05, 4.69) is 17.0 Å². The Bertz CT molecular complexity index is 379. The molecule has 0 radical (unpaired) electrons. The molecule has 0 amide bonds. The molecule has 0 fully saturated rings. The van der Waals surface area contributed by atoms with E-state index in [1.54, 1.807) is 10.9 Å². The normalized spacial score (nSPS) is 8.53. The zero-order valence-electron chi connectivity index (χ0n) is 11.5. The third-order valence-electron chi connectivity index (χ3n) is 1.93. The van der Waals surface area contributed by atoms with Gasteiger partial charge in [-0.1, -0.05) is 40.7 Å². The van der Waals surface area contributed by atoms with Crippen LogP contribution in [0, 0.1) is 0 Å². The fourth-order valence-electron chi connectivity index (χ4n) is 1.16. The van der Waals surface area contributed by atoms with Gasteiger partial charge in [0, 0.05) is 12.4 Å². The lowest BCUT2D eigenvalue weighted by Gasteiger charge is -1.97. The first-order valence-corrected chi connectivity index (χ1v) is 6.35. The largest absolute Gasteiger partial charge is 0.237 e. The summed E-state index contributed by atoms with van der Waals surface area (Å²) in [6, 6.07) is 5.79. The molecule has 0 saturated heterocycles. The first kappa shape index (κ1) is 15.4. The lowest BCUT2D eigenvalue weighted by molar-refractivity contribution is 0.846. The number of aromatic nitrogens is 3. The molecular formula is C14H23N3. The Morgan fingerprint density at radius 1 is 1.12 bits per heavy atom. The predicted molar refractivity (Wildman–Crippen MR) is 73.4 cm³/mol. The predicted octanol–water partition coefficient (Wildman–Crippen LogP) is 3.88. The van der Waals surface area contributed by atoms with Crippen LogP contribution in [0.3, 0.4) is 0 Å². The molecule has 0 N–H and O–H groups in total. The average Bonchev–Trinajstić information content (AvgIpc) is 2.93. The minimum atomic E-state index is 0.863. The van der Waals surface area contributed by atoms with Crippen LogP contribution in [0.4, 0.5) is 0 Å². The Morgan fingerprint density at radius 3 is 2.29 bits per heavy atom. The van der Waals surface area contributed by atoms with Crippen molar-refractivity contribution in [2.24, 2.45) is 0 Å². The van der Waals surface area contributed by atoms with E-state index < -0.39 is 0 Å². The van der Waals surface area contributed by atoms with Crippen LogP contribution >= 0.6 is 0 Å². The van der Waals surface area contributed by atoms with Crippen molar-refractivity contribution in [3.8, 4) is 5.82 Å². The highest BCUT2D eigenvalue weighted by atomic mass is 15.3. The van der Waals surface area contributed by atoms with E-state index in [-0.39, 0.29) is 0 Å². The summed E-state index contributed by atoms with van der Waals surface area (Å²) in [5.74, 6) is 0.863. The number of pyridine rings is 1. The molecule has 0 unspecified atom stereocenters. The van der Waals surface area contributed by atoms with Crippen LogP contribution in [0.25, 0.3) is 5.82 Å². The molecule has 0 aliphatic carbocycles. The highest BCUT2D eigenvalue weighted by Crippen LogP contribution is 2.04. The van der Waals surface area contributed by atoms with Crippen LogP contribution in [0.5, 0.6) is 0 Å². The van der Waals surface area contributed by atoms with Crippen molar-refractivity contribution >= 4 is 0 Å². The van der Waals surface area contributed by atoms with Crippen molar-refractivity contribution < 1.29 is 0 Å². The molecule has 0 spiro atoms. The van der Waals surface area contributed by atoms with Crippen molar-refractivity contribution in [3.63, 3.8) is 0 Å². The molecule has 3 nitrogen and oxygen atoms in total. The molecule has 0 bridgehead atoms. The summed E-state index contributed by atoms with van der Waals surface area (Å²) in [6.45, 7) is 10.1. The average molecular weight is 233 g/mol. The van der Waals surface area contributed by atoms with Gasteiger partial charge in [-0.3, -0.25) is 0 Å². The lowest BCUT2D eigenvalue weighted by atomic mass is 10.3. The standard InChI is InChI=1S/C10H11N3.2C2H6/c1-2-9-7-12-13(8-9)10-5-3-4-6-11-10;2*1-2/h3-8H,2H2,1H3;2*1-2H3. The van der Waals surface area contributed by atoms with Crippen LogP contribution in [-0.2, 0) is 6.42 Å². The minimum Gasteiger partial charge on any atom is -0.237 e. The minimum absolute atomic E-state index is 0.863. The monoisotopic (exact) mass is 233 g/mol. The Balaban J connectivity index is 0.000000581. The quantitative estimate of drug-likeness (QED) is 0.788. The van der Waals surface area contributed by atoms with Gasteiger partial charge in [-0.2, -0.15) is 5.10 Å². The molecule has 0 aliphatic rings. The fraction of sp³-hybridized carbons (Fsp3) is 0.429. The Kier molecular flexibility index (Phi) is 8.65. The van der Waals surface area contributed by atoms with Gasteiger partial charge in [0.2, 0.25) is 0 Å². The summed E-state index contributed by atoms with van der Waals surface area (Å²) in [4.78, 5) is 4.20. The third-order valence-corrected chi connectivity index (χ3v) is 1.93. The van der Waals surface area contributed by atoms with E-state index >= 15 is 0 Å². The summed E-state index contributed by atoms with van der Waals surface area (Å²) in [5, 5.41) is 4.21. The molecule has 0 aliphatic heterocycles. The second-order valence-electron chi connectivity index (χ2n) is 2.83. The van der Waals surface area contributed by atoms with E-state index in [0.29, 0.717) is 0 Å². The smallest absolute Gasteiger partial charge is 0.153 e. The molecule has 2 aromatic rings. The van der Waals surface area contributed by atoms with Gasteiger partial charge in [-0.05, 0) is 24.1 Å². The lowest BCUT2D eigenvalue weighted by Crippen LogP contribution is -1.96. The van der Waals surface area contributed by atoms with Crippen molar-refractivity contribution in [1.82, 2.24) is 14.8 Å². The van der Waals surface area contributed by atoms with Crippen LogP contribution in [0.1, 0.15) is 40.2 Å². The Morgan fingerprint density at radius 2 is 1.82 bits per heavy atom. The summed E-state index contributed by atoms with van der Waals surface area (Å²) < 4.78 is 1.79. The van der Waals surface area contributed by atoms with E-state index in [1.165, 1.54) is 5.56 Å². The van der Waals surface area contributed by atoms with Crippen LogP contribution in [0.2, 0.25) is 0 Å². The molecule has 0 aromatic carbocycles. The summed E-state index contributed by atoms with van der Waals surface area (Å²) in [6.07, 6.45) is 6.65. The highest BCUT2D eigenvalue weighted by molar-refractivity contribution is 5.21. The number of hydrogen-bond donors (Lipinski definition) is 0. The van der Waals surface area contributed by atoms with Gasteiger partial charge in [0.25, 0.3) is 0 Å². The molecule has 2 rings (SSSR count). The maximum Gasteiger partial charge on any atom is 0.153 e. The number of hydrogen-bond acceptors (Lipinski definition) is 2.